The predicted octanol–water partition coefficient (Wildman–Crippen LogP) is 4.95. The van der Waals surface area contributed by atoms with E-state index >= 15 is 0 Å². The Morgan fingerprint density at radius 1 is 0.957 bits per heavy atom. The quantitative estimate of drug-likeness (QED) is 0.322. The standard InChI is InChI=1S/C20H21NOS/c22-20(21-23-19-15-9-5-10-16-19)17-11-3-1-2-6-12-18-13-7-4-8-14-18/h1,3-5,7-11,13-17H,2,6,12H2,(H,21,22). The molecule has 23 heavy (non-hydrogen) atoms. The average Bonchev–Trinajstić information content (AvgIpc) is 2.61. The normalized spacial score (nSPS) is 11.1. The lowest BCUT2D eigenvalue weighted by Crippen LogP contribution is -2.11. The minimum atomic E-state index is -0.104. The molecule has 0 aliphatic rings. The van der Waals surface area contributed by atoms with Gasteiger partial charge >= 0.3 is 0 Å². The Kier molecular flexibility index (Phi) is 7.78. The number of amides is 1. The third-order valence-electron chi connectivity index (χ3n) is 3.19. The zero-order chi connectivity index (χ0) is 16.2. The summed E-state index contributed by atoms with van der Waals surface area (Å²) in [4.78, 5) is 12.7. The van der Waals surface area contributed by atoms with Gasteiger partial charge < -0.3 is 0 Å². The van der Waals surface area contributed by atoms with E-state index in [1.54, 1.807) is 12.2 Å². The second-order valence-electron chi connectivity index (χ2n) is 5.05. The van der Waals surface area contributed by atoms with Crippen LogP contribution in [0.15, 0.2) is 89.9 Å². The fourth-order valence-corrected chi connectivity index (χ4v) is 2.60. The van der Waals surface area contributed by atoms with E-state index in [9.17, 15) is 4.79 Å². The van der Waals surface area contributed by atoms with Crippen LogP contribution in [0.3, 0.4) is 0 Å². The van der Waals surface area contributed by atoms with Gasteiger partial charge in [0.1, 0.15) is 0 Å². The number of hydrogen-bond acceptors (Lipinski definition) is 2. The second kappa shape index (κ2) is 10.5. The van der Waals surface area contributed by atoms with Crippen LogP contribution in [-0.4, -0.2) is 5.91 Å². The monoisotopic (exact) mass is 323 g/mol. The summed E-state index contributed by atoms with van der Waals surface area (Å²) in [6.45, 7) is 0. The summed E-state index contributed by atoms with van der Waals surface area (Å²) in [7, 11) is 0. The molecule has 1 N–H and O–H groups in total. The van der Waals surface area contributed by atoms with E-state index in [4.69, 9.17) is 0 Å². The molecule has 2 nitrogen and oxygen atoms in total. The number of allylic oxidation sites excluding steroid dienone is 3. The summed E-state index contributed by atoms with van der Waals surface area (Å²) in [6, 6.07) is 20.2. The zero-order valence-electron chi connectivity index (χ0n) is 13.0. The number of unbranched alkanes of at least 4 members (excludes halogenated alkanes) is 1. The molecule has 0 atom stereocenters. The molecule has 1 amide bonds. The van der Waals surface area contributed by atoms with Crippen LogP contribution in [0.2, 0.25) is 0 Å². The highest BCUT2D eigenvalue weighted by atomic mass is 32.2. The molecule has 0 unspecified atom stereocenters. The van der Waals surface area contributed by atoms with Crippen molar-refractivity contribution < 1.29 is 4.79 Å². The largest absolute Gasteiger partial charge is 0.292 e. The van der Waals surface area contributed by atoms with Gasteiger partial charge in [0.05, 0.1) is 0 Å². The molecular formula is C20H21NOS. The van der Waals surface area contributed by atoms with E-state index in [-0.39, 0.29) is 5.91 Å². The van der Waals surface area contributed by atoms with Crippen molar-refractivity contribution in [2.75, 3.05) is 0 Å². The summed E-state index contributed by atoms with van der Waals surface area (Å²) in [5.41, 5.74) is 1.37. The van der Waals surface area contributed by atoms with Crippen LogP contribution in [0, 0.1) is 0 Å². The maximum Gasteiger partial charge on any atom is 0.254 e. The predicted molar refractivity (Wildman–Crippen MR) is 98.1 cm³/mol. The molecule has 0 fully saturated rings. The molecule has 0 spiro atoms. The summed E-state index contributed by atoms with van der Waals surface area (Å²) in [6.07, 6.45) is 10.6. The van der Waals surface area contributed by atoms with Gasteiger partial charge in [-0.1, -0.05) is 66.8 Å². The number of nitrogens with one attached hydrogen (secondary N) is 1. The number of hydrogen-bond donors (Lipinski definition) is 1. The Bertz CT molecular complexity index is 635. The molecule has 0 heterocycles. The van der Waals surface area contributed by atoms with Crippen molar-refractivity contribution in [1.82, 2.24) is 4.72 Å². The average molecular weight is 323 g/mol. The lowest BCUT2D eigenvalue weighted by molar-refractivity contribution is -0.114. The van der Waals surface area contributed by atoms with Crippen LogP contribution < -0.4 is 4.72 Å². The van der Waals surface area contributed by atoms with Crippen LogP contribution in [0.5, 0.6) is 0 Å². The highest BCUT2D eigenvalue weighted by Gasteiger charge is 1.95. The second-order valence-corrected chi connectivity index (χ2v) is 5.93. The van der Waals surface area contributed by atoms with E-state index < -0.39 is 0 Å². The molecule has 0 aliphatic carbocycles. The molecule has 0 radical (unpaired) electrons. The number of carbonyl (C=O) groups is 1. The third-order valence-corrected chi connectivity index (χ3v) is 4.00. The molecule has 2 aromatic carbocycles. The van der Waals surface area contributed by atoms with Crippen LogP contribution in [0.4, 0.5) is 0 Å². The fourth-order valence-electron chi connectivity index (χ4n) is 2.02. The van der Waals surface area contributed by atoms with Crippen molar-refractivity contribution in [1.29, 1.82) is 0 Å². The van der Waals surface area contributed by atoms with Crippen molar-refractivity contribution in [2.24, 2.45) is 0 Å². The number of rotatable bonds is 8. The van der Waals surface area contributed by atoms with Gasteiger partial charge in [0, 0.05) is 11.0 Å². The van der Waals surface area contributed by atoms with Gasteiger partial charge in [0.2, 0.25) is 0 Å². The van der Waals surface area contributed by atoms with E-state index in [2.05, 4.69) is 35.1 Å². The van der Waals surface area contributed by atoms with Crippen molar-refractivity contribution in [2.45, 2.75) is 24.2 Å². The van der Waals surface area contributed by atoms with Crippen molar-refractivity contribution in [3.8, 4) is 0 Å². The van der Waals surface area contributed by atoms with Gasteiger partial charge in [-0.05, 0) is 48.9 Å². The highest BCUT2D eigenvalue weighted by molar-refractivity contribution is 7.98. The van der Waals surface area contributed by atoms with Crippen LogP contribution >= 0.6 is 11.9 Å². The Morgan fingerprint density at radius 2 is 1.65 bits per heavy atom. The first-order valence-corrected chi connectivity index (χ1v) is 8.55. The van der Waals surface area contributed by atoms with E-state index in [0.717, 1.165) is 24.2 Å². The maximum atomic E-state index is 11.6. The molecule has 0 aliphatic heterocycles. The van der Waals surface area contributed by atoms with E-state index in [1.165, 1.54) is 17.5 Å². The number of benzene rings is 2. The molecule has 118 valence electrons. The van der Waals surface area contributed by atoms with Gasteiger partial charge in [-0.25, -0.2) is 0 Å². The van der Waals surface area contributed by atoms with Gasteiger partial charge in [-0.15, -0.1) is 0 Å². The van der Waals surface area contributed by atoms with Gasteiger partial charge in [-0.2, -0.15) is 0 Å². The molecule has 2 rings (SSSR count). The number of aryl methyl sites for hydroxylation is 1. The first-order valence-electron chi connectivity index (χ1n) is 7.73. The highest BCUT2D eigenvalue weighted by Crippen LogP contribution is 2.12. The molecule has 0 bridgehead atoms. The molecule has 0 aromatic heterocycles. The Hall–Kier alpha value is -2.26. The SMILES string of the molecule is O=C(C=CC=CCCCc1ccccc1)NSc1ccccc1. The smallest absolute Gasteiger partial charge is 0.254 e. The Balaban J connectivity index is 1.59. The Labute approximate surface area is 142 Å². The first kappa shape index (κ1) is 17.1. The molecule has 0 saturated heterocycles. The lowest BCUT2D eigenvalue weighted by atomic mass is 10.1. The Morgan fingerprint density at radius 3 is 2.39 bits per heavy atom. The third kappa shape index (κ3) is 7.52. The fraction of sp³-hybridized carbons (Fsp3) is 0.150. The van der Waals surface area contributed by atoms with Crippen LogP contribution in [0.1, 0.15) is 18.4 Å². The van der Waals surface area contributed by atoms with Crippen LogP contribution in [-0.2, 0) is 11.2 Å². The zero-order valence-corrected chi connectivity index (χ0v) is 13.8. The van der Waals surface area contributed by atoms with Crippen molar-refractivity contribution >= 4 is 17.9 Å². The van der Waals surface area contributed by atoms with Crippen LogP contribution in [0.25, 0.3) is 0 Å². The summed E-state index contributed by atoms with van der Waals surface area (Å²) in [5, 5.41) is 0. The van der Waals surface area contributed by atoms with Gasteiger partial charge in [-0.3, -0.25) is 9.52 Å². The minimum absolute atomic E-state index is 0.104. The molecule has 3 heteroatoms. The van der Waals surface area contributed by atoms with Crippen molar-refractivity contribution in [3.05, 3.63) is 90.5 Å². The summed E-state index contributed by atoms with van der Waals surface area (Å²) >= 11 is 1.32. The molecular weight excluding hydrogens is 302 g/mol. The minimum Gasteiger partial charge on any atom is -0.292 e. The van der Waals surface area contributed by atoms with Gasteiger partial charge in [0.25, 0.3) is 5.91 Å². The summed E-state index contributed by atoms with van der Waals surface area (Å²) in [5.74, 6) is -0.104. The molecule has 0 saturated carbocycles. The van der Waals surface area contributed by atoms with Gasteiger partial charge in [0.15, 0.2) is 0 Å². The first-order chi connectivity index (χ1) is 11.3. The van der Waals surface area contributed by atoms with E-state index in [1.807, 2.05) is 42.5 Å². The summed E-state index contributed by atoms with van der Waals surface area (Å²) < 4.78 is 2.78. The maximum absolute atomic E-state index is 11.6. The topological polar surface area (TPSA) is 29.1 Å². The number of carbonyl (C=O) groups excluding carboxylic acids is 1. The molecule has 2 aromatic rings. The van der Waals surface area contributed by atoms with Crippen molar-refractivity contribution in [3.63, 3.8) is 0 Å². The lowest BCUT2D eigenvalue weighted by Gasteiger charge is -1.99. The van der Waals surface area contributed by atoms with E-state index in [0.29, 0.717) is 0 Å².